The van der Waals surface area contributed by atoms with Gasteiger partial charge in [0.15, 0.2) is 0 Å². The minimum atomic E-state index is -0.153. The summed E-state index contributed by atoms with van der Waals surface area (Å²) in [6, 6.07) is -0.153. The molecule has 0 saturated carbocycles. The van der Waals surface area contributed by atoms with Crippen LogP contribution in [0, 0.1) is 6.92 Å². The standard InChI is InChI=1S/C9H14BrN3OS3/c1-6-8(10)17-7(12-6)5-15-3-4-16-13-9(14)11-2/h3-5H2,1-2H3,(H2,11,13,14). The Morgan fingerprint density at radius 2 is 2.29 bits per heavy atom. The van der Waals surface area contributed by atoms with Gasteiger partial charge in [0, 0.05) is 24.3 Å². The summed E-state index contributed by atoms with van der Waals surface area (Å²) in [7, 11) is 1.60. The molecule has 1 rings (SSSR count). The van der Waals surface area contributed by atoms with Crippen LogP contribution in [0.3, 0.4) is 0 Å². The Hall–Kier alpha value is 0.0800. The molecule has 0 aromatic carbocycles. The fourth-order valence-corrected chi connectivity index (χ4v) is 4.16. The lowest BCUT2D eigenvalue weighted by Gasteiger charge is -2.02. The smallest absolute Gasteiger partial charge is 0.324 e. The first-order valence-electron chi connectivity index (χ1n) is 4.92. The molecule has 0 bridgehead atoms. The van der Waals surface area contributed by atoms with E-state index < -0.39 is 0 Å². The maximum absolute atomic E-state index is 10.8. The van der Waals surface area contributed by atoms with E-state index in [1.165, 1.54) is 11.9 Å². The molecule has 0 aliphatic rings. The molecular weight excluding hydrogens is 342 g/mol. The molecule has 0 fully saturated rings. The quantitative estimate of drug-likeness (QED) is 0.608. The van der Waals surface area contributed by atoms with Crippen LogP contribution in [0.1, 0.15) is 10.7 Å². The van der Waals surface area contributed by atoms with Crippen molar-refractivity contribution in [3.63, 3.8) is 0 Å². The van der Waals surface area contributed by atoms with Crippen molar-refractivity contribution in [3.8, 4) is 0 Å². The molecule has 8 heteroatoms. The van der Waals surface area contributed by atoms with Gasteiger partial charge < -0.3 is 5.32 Å². The van der Waals surface area contributed by atoms with E-state index >= 15 is 0 Å². The zero-order valence-corrected chi connectivity index (χ0v) is 13.6. The molecule has 4 nitrogen and oxygen atoms in total. The highest BCUT2D eigenvalue weighted by Gasteiger charge is 2.04. The number of thioether (sulfide) groups is 1. The van der Waals surface area contributed by atoms with Gasteiger partial charge in [-0.05, 0) is 34.8 Å². The Morgan fingerprint density at radius 3 is 2.88 bits per heavy atom. The number of amides is 2. The summed E-state index contributed by atoms with van der Waals surface area (Å²) in [5, 5.41) is 3.64. The third kappa shape index (κ3) is 5.98. The number of hydrogen-bond donors (Lipinski definition) is 2. The summed E-state index contributed by atoms with van der Waals surface area (Å²) >= 11 is 8.39. The summed E-state index contributed by atoms with van der Waals surface area (Å²) < 4.78 is 3.79. The summed E-state index contributed by atoms with van der Waals surface area (Å²) in [6.07, 6.45) is 0. The van der Waals surface area contributed by atoms with E-state index in [0.29, 0.717) is 0 Å². The van der Waals surface area contributed by atoms with Crippen molar-refractivity contribution in [2.45, 2.75) is 12.7 Å². The van der Waals surface area contributed by atoms with Crippen LogP contribution >= 0.6 is 51.0 Å². The fourth-order valence-electron chi connectivity index (χ4n) is 0.921. The highest BCUT2D eigenvalue weighted by molar-refractivity contribution is 9.11. The van der Waals surface area contributed by atoms with Crippen LogP contribution in [0.2, 0.25) is 0 Å². The van der Waals surface area contributed by atoms with Crippen molar-refractivity contribution in [1.29, 1.82) is 0 Å². The van der Waals surface area contributed by atoms with Crippen LogP contribution in [0.15, 0.2) is 3.79 Å². The maximum Gasteiger partial charge on any atom is 0.324 e. The van der Waals surface area contributed by atoms with E-state index in [9.17, 15) is 4.79 Å². The fraction of sp³-hybridized carbons (Fsp3) is 0.556. The monoisotopic (exact) mass is 355 g/mol. The molecule has 2 N–H and O–H groups in total. The van der Waals surface area contributed by atoms with Gasteiger partial charge in [0.25, 0.3) is 0 Å². The molecule has 1 aromatic heterocycles. The first kappa shape index (κ1) is 15.1. The van der Waals surface area contributed by atoms with Gasteiger partial charge in [-0.25, -0.2) is 9.78 Å². The molecule has 17 heavy (non-hydrogen) atoms. The van der Waals surface area contributed by atoms with Crippen LogP contribution in [-0.2, 0) is 5.75 Å². The number of nitrogens with zero attached hydrogens (tertiary/aromatic N) is 1. The summed E-state index contributed by atoms with van der Waals surface area (Å²) in [5.74, 6) is 2.81. The normalized spacial score (nSPS) is 10.3. The Labute approximate surface area is 122 Å². The number of rotatable bonds is 6. The third-order valence-electron chi connectivity index (χ3n) is 1.73. The second-order valence-electron chi connectivity index (χ2n) is 3.05. The Morgan fingerprint density at radius 1 is 1.53 bits per heavy atom. The number of halogens is 1. The van der Waals surface area contributed by atoms with Gasteiger partial charge >= 0.3 is 6.03 Å². The largest absolute Gasteiger partial charge is 0.341 e. The van der Waals surface area contributed by atoms with E-state index in [1.807, 2.05) is 18.7 Å². The molecule has 0 aliphatic heterocycles. The third-order valence-corrected chi connectivity index (χ3v) is 5.89. The lowest BCUT2D eigenvalue weighted by molar-refractivity contribution is 0.248. The maximum atomic E-state index is 10.8. The minimum absolute atomic E-state index is 0.153. The predicted octanol–water partition coefficient (Wildman–Crippen LogP) is 3.02. The number of thiazole rings is 1. The van der Waals surface area contributed by atoms with Crippen molar-refractivity contribution < 1.29 is 4.79 Å². The number of aromatic nitrogens is 1. The van der Waals surface area contributed by atoms with Gasteiger partial charge in [0.1, 0.15) is 5.01 Å². The summed E-state index contributed by atoms with van der Waals surface area (Å²) in [6.45, 7) is 2.00. The van der Waals surface area contributed by atoms with Gasteiger partial charge in [0.2, 0.25) is 0 Å². The molecule has 0 aliphatic carbocycles. The van der Waals surface area contributed by atoms with Crippen molar-refractivity contribution in [1.82, 2.24) is 15.0 Å². The number of nitrogens with one attached hydrogen (secondary N) is 2. The van der Waals surface area contributed by atoms with Crippen LogP contribution in [0.25, 0.3) is 0 Å². The van der Waals surface area contributed by atoms with Crippen molar-refractivity contribution in [2.24, 2.45) is 0 Å². The van der Waals surface area contributed by atoms with Crippen LogP contribution in [-0.4, -0.2) is 29.6 Å². The summed E-state index contributed by atoms with van der Waals surface area (Å²) in [5.41, 5.74) is 1.06. The molecule has 1 aromatic rings. The molecule has 96 valence electrons. The Bertz CT molecular complexity index is 353. The van der Waals surface area contributed by atoms with Crippen LogP contribution in [0.4, 0.5) is 4.79 Å². The minimum Gasteiger partial charge on any atom is -0.341 e. The van der Waals surface area contributed by atoms with Crippen molar-refractivity contribution >= 4 is 57.0 Å². The average Bonchev–Trinajstić information content (AvgIpc) is 2.62. The lowest BCUT2D eigenvalue weighted by atomic mass is 10.6. The van der Waals surface area contributed by atoms with E-state index in [1.54, 1.807) is 18.4 Å². The highest BCUT2D eigenvalue weighted by atomic mass is 79.9. The predicted molar refractivity (Wildman–Crippen MR) is 80.8 cm³/mol. The number of urea groups is 1. The van der Waals surface area contributed by atoms with Crippen molar-refractivity contribution in [3.05, 3.63) is 14.5 Å². The van der Waals surface area contributed by atoms with Crippen LogP contribution in [0.5, 0.6) is 0 Å². The van der Waals surface area contributed by atoms with Gasteiger partial charge in [-0.3, -0.25) is 4.72 Å². The van der Waals surface area contributed by atoms with Gasteiger partial charge in [-0.1, -0.05) is 0 Å². The average molecular weight is 356 g/mol. The molecular formula is C9H14BrN3OS3. The molecule has 0 saturated heterocycles. The molecule has 1 heterocycles. The number of hydrogen-bond acceptors (Lipinski definition) is 5. The molecule has 0 radical (unpaired) electrons. The first-order valence-corrected chi connectivity index (χ1v) is 8.67. The van der Waals surface area contributed by atoms with Gasteiger partial charge in [-0.15, -0.1) is 11.3 Å². The molecule has 2 amide bonds. The van der Waals surface area contributed by atoms with E-state index in [-0.39, 0.29) is 6.03 Å². The van der Waals surface area contributed by atoms with Crippen molar-refractivity contribution in [2.75, 3.05) is 18.6 Å². The van der Waals surface area contributed by atoms with E-state index in [2.05, 4.69) is 31.0 Å². The number of carbonyl (C=O) groups is 1. The lowest BCUT2D eigenvalue weighted by Crippen LogP contribution is -2.27. The SMILES string of the molecule is CNC(=O)NSCCSCc1nc(C)c(Br)s1. The Balaban J connectivity index is 2.06. The van der Waals surface area contributed by atoms with E-state index in [4.69, 9.17) is 0 Å². The van der Waals surface area contributed by atoms with Gasteiger partial charge in [-0.2, -0.15) is 11.8 Å². The molecule has 0 atom stereocenters. The Kier molecular flexibility index (Phi) is 7.33. The molecule has 0 unspecified atom stereocenters. The second-order valence-corrected chi connectivity index (χ2v) is 7.46. The number of aryl methyl sites for hydroxylation is 1. The number of carbonyl (C=O) groups excluding carboxylic acids is 1. The zero-order chi connectivity index (χ0) is 12.7. The van der Waals surface area contributed by atoms with E-state index in [0.717, 1.165) is 31.7 Å². The topological polar surface area (TPSA) is 54.0 Å². The summed E-state index contributed by atoms with van der Waals surface area (Å²) in [4.78, 5) is 15.3. The zero-order valence-electron chi connectivity index (χ0n) is 9.58. The highest BCUT2D eigenvalue weighted by Crippen LogP contribution is 2.26. The molecule has 0 spiro atoms. The van der Waals surface area contributed by atoms with Gasteiger partial charge in [0.05, 0.1) is 9.48 Å². The van der Waals surface area contributed by atoms with Crippen LogP contribution < -0.4 is 10.0 Å². The first-order chi connectivity index (χ1) is 8.13. The second kappa shape index (κ2) is 8.23.